The third-order valence-electron chi connectivity index (χ3n) is 4.41. The smallest absolute Gasteiger partial charge is 0.283 e. The van der Waals surface area contributed by atoms with Gasteiger partial charge in [-0.05, 0) is 41.5 Å². The highest BCUT2D eigenvalue weighted by Gasteiger charge is 2.50. The number of hydrogen-bond acceptors (Lipinski definition) is 4. The van der Waals surface area contributed by atoms with E-state index in [1.807, 2.05) is 0 Å². The predicted octanol–water partition coefficient (Wildman–Crippen LogP) is 5.89. The summed E-state index contributed by atoms with van der Waals surface area (Å²) in [6.45, 7) is 0. The fraction of sp³-hybridized carbons (Fsp3) is 0.0526. The predicted molar refractivity (Wildman–Crippen MR) is 114 cm³/mol. The molecule has 3 aromatic carbocycles. The number of rotatable bonds is 4. The number of aromatic hydroxyl groups is 2. The highest BCUT2D eigenvalue weighted by atomic mass is 35.5. The molecule has 5 nitrogen and oxygen atoms in total. The van der Waals surface area contributed by atoms with Gasteiger partial charge in [0.15, 0.2) is 10.5 Å². The SMILES string of the molecule is O=S(=O)(O)C(c1cccc(O)c1)(c1ccc(Cl)c(Cl)c1)c1ccc(Cl)c(O)c1Cl. The maximum absolute atomic E-state index is 12.9. The van der Waals surface area contributed by atoms with Crippen LogP contribution in [0.5, 0.6) is 11.5 Å². The van der Waals surface area contributed by atoms with Crippen molar-refractivity contribution in [1.82, 2.24) is 0 Å². The van der Waals surface area contributed by atoms with E-state index in [1.54, 1.807) is 0 Å². The molecule has 152 valence electrons. The second-order valence-electron chi connectivity index (χ2n) is 6.09. The molecule has 0 aromatic heterocycles. The Morgan fingerprint density at radius 1 is 0.759 bits per heavy atom. The molecule has 0 aliphatic heterocycles. The van der Waals surface area contributed by atoms with Crippen molar-refractivity contribution in [1.29, 1.82) is 0 Å². The molecule has 0 radical (unpaired) electrons. The lowest BCUT2D eigenvalue weighted by atomic mass is 9.83. The van der Waals surface area contributed by atoms with Gasteiger partial charge in [0, 0.05) is 5.56 Å². The average molecular weight is 494 g/mol. The number of phenols is 2. The first-order chi connectivity index (χ1) is 13.5. The lowest BCUT2D eigenvalue weighted by Gasteiger charge is -2.33. The van der Waals surface area contributed by atoms with Gasteiger partial charge in [-0.15, -0.1) is 0 Å². The molecule has 0 amide bonds. The normalized spacial score (nSPS) is 13.8. The molecule has 29 heavy (non-hydrogen) atoms. The molecule has 0 heterocycles. The first kappa shape index (κ1) is 22.0. The van der Waals surface area contributed by atoms with Gasteiger partial charge >= 0.3 is 0 Å². The minimum Gasteiger partial charge on any atom is -0.508 e. The van der Waals surface area contributed by atoms with Gasteiger partial charge in [0.1, 0.15) is 5.75 Å². The Morgan fingerprint density at radius 2 is 1.38 bits per heavy atom. The topological polar surface area (TPSA) is 94.8 Å². The fourth-order valence-corrected chi connectivity index (χ4v) is 5.33. The molecule has 0 aliphatic carbocycles. The number of benzene rings is 3. The van der Waals surface area contributed by atoms with E-state index in [-0.39, 0.29) is 37.5 Å². The first-order valence-electron chi connectivity index (χ1n) is 7.89. The summed E-state index contributed by atoms with van der Waals surface area (Å²) < 4.78 is 34.0. The van der Waals surface area contributed by atoms with Gasteiger partial charge in [-0.3, -0.25) is 4.55 Å². The van der Waals surface area contributed by atoms with E-state index < -0.39 is 25.6 Å². The molecule has 3 rings (SSSR count). The van der Waals surface area contributed by atoms with Crippen LogP contribution in [0.1, 0.15) is 16.7 Å². The molecule has 3 N–H and O–H groups in total. The van der Waals surface area contributed by atoms with E-state index in [4.69, 9.17) is 46.4 Å². The zero-order valence-corrected chi connectivity index (χ0v) is 18.1. The van der Waals surface area contributed by atoms with Gasteiger partial charge in [-0.2, -0.15) is 8.42 Å². The van der Waals surface area contributed by atoms with Crippen LogP contribution >= 0.6 is 46.4 Å². The fourth-order valence-electron chi connectivity index (χ4n) is 3.17. The minimum atomic E-state index is -5.04. The van der Waals surface area contributed by atoms with Gasteiger partial charge < -0.3 is 10.2 Å². The van der Waals surface area contributed by atoms with Gasteiger partial charge in [0.05, 0.1) is 20.1 Å². The molecule has 1 unspecified atom stereocenters. The quantitative estimate of drug-likeness (QED) is 0.311. The monoisotopic (exact) mass is 492 g/mol. The van der Waals surface area contributed by atoms with Crippen molar-refractivity contribution in [3.8, 4) is 11.5 Å². The first-order valence-corrected chi connectivity index (χ1v) is 10.8. The van der Waals surface area contributed by atoms with Crippen LogP contribution in [0.4, 0.5) is 0 Å². The maximum atomic E-state index is 12.9. The van der Waals surface area contributed by atoms with Crippen LogP contribution in [-0.2, 0) is 14.9 Å². The van der Waals surface area contributed by atoms with Gasteiger partial charge in [-0.1, -0.05) is 70.7 Å². The second kappa shape index (κ2) is 7.87. The highest BCUT2D eigenvalue weighted by molar-refractivity contribution is 7.87. The number of phenolic OH excluding ortho intramolecular Hbond substituents is 2. The van der Waals surface area contributed by atoms with Crippen molar-refractivity contribution in [2.24, 2.45) is 0 Å². The maximum Gasteiger partial charge on any atom is 0.283 e. The molecular formula is C19H12Cl4O5S. The number of halogens is 4. The van der Waals surface area contributed by atoms with E-state index in [0.29, 0.717) is 0 Å². The van der Waals surface area contributed by atoms with Crippen molar-refractivity contribution in [3.63, 3.8) is 0 Å². The molecule has 0 spiro atoms. The third kappa shape index (κ3) is 3.65. The summed E-state index contributed by atoms with van der Waals surface area (Å²) in [5.41, 5.74) is -0.279. The average Bonchev–Trinajstić information content (AvgIpc) is 2.64. The Morgan fingerprint density at radius 3 is 1.97 bits per heavy atom. The summed E-state index contributed by atoms with van der Waals surface area (Å²) in [7, 11) is -5.04. The van der Waals surface area contributed by atoms with Gasteiger partial charge in [-0.25, -0.2) is 0 Å². The van der Waals surface area contributed by atoms with Crippen molar-refractivity contribution in [2.45, 2.75) is 4.75 Å². The van der Waals surface area contributed by atoms with E-state index in [1.165, 1.54) is 48.5 Å². The summed E-state index contributed by atoms with van der Waals surface area (Å²) in [6, 6.07) is 11.7. The van der Waals surface area contributed by atoms with Crippen molar-refractivity contribution >= 4 is 56.5 Å². The molecule has 0 saturated carbocycles. The van der Waals surface area contributed by atoms with E-state index >= 15 is 0 Å². The molecule has 0 saturated heterocycles. The highest BCUT2D eigenvalue weighted by Crippen LogP contribution is 2.50. The molecule has 0 aliphatic rings. The van der Waals surface area contributed by atoms with Crippen LogP contribution in [0.25, 0.3) is 0 Å². The Balaban J connectivity index is 2.58. The second-order valence-corrected chi connectivity index (χ2v) is 9.26. The van der Waals surface area contributed by atoms with Crippen LogP contribution in [0.15, 0.2) is 54.6 Å². The summed E-state index contributed by atoms with van der Waals surface area (Å²) >= 11 is 24.2. The van der Waals surface area contributed by atoms with E-state index in [9.17, 15) is 23.2 Å². The lowest BCUT2D eigenvalue weighted by Crippen LogP contribution is -2.38. The molecule has 3 aromatic rings. The molecular weight excluding hydrogens is 482 g/mol. The largest absolute Gasteiger partial charge is 0.508 e. The van der Waals surface area contributed by atoms with Crippen molar-refractivity contribution < 1.29 is 23.2 Å². The molecule has 0 fully saturated rings. The van der Waals surface area contributed by atoms with Gasteiger partial charge in [0.2, 0.25) is 0 Å². The zero-order valence-electron chi connectivity index (χ0n) is 14.3. The van der Waals surface area contributed by atoms with Crippen molar-refractivity contribution in [3.05, 3.63) is 91.4 Å². The van der Waals surface area contributed by atoms with Crippen LogP contribution < -0.4 is 0 Å². The van der Waals surface area contributed by atoms with Crippen molar-refractivity contribution in [2.75, 3.05) is 0 Å². The standard InChI is InChI=1S/C19H12Cl4O5S/c20-14-6-4-11(9-16(14)22)19(29(26,27)28,10-2-1-3-12(24)8-10)13-5-7-15(21)18(25)17(13)23/h1-9,24-25H,(H,26,27,28). The summed E-state index contributed by atoms with van der Waals surface area (Å²) in [5.74, 6) is -0.830. The summed E-state index contributed by atoms with van der Waals surface area (Å²) in [4.78, 5) is 0. The minimum absolute atomic E-state index is 0.0200. The van der Waals surface area contributed by atoms with E-state index in [2.05, 4.69) is 0 Å². The molecule has 1 atom stereocenters. The Hall–Kier alpha value is -1.67. The molecule has 10 heteroatoms. The molecule has 0 bridgehead atoms. The number of hydrogen-bond donors (Lipinski definition) is 3. The van der Waals surface area contributed by atoms with Crippen LogP contribution in [0.3, 0.4) is 0 Å². The Kier molecular flexibility index (Phi) is 5.98. The Bertz CT molecular complexity index is 1210. The van der Waals surface area contributed by atoms with Gasteiger partial charge in [0.25, 0.3) is 10.1 Å². The van der Waals surface area contributed by atoms with Crippen LogP contribution in [0, 0.1) is 0 Å². The third-order valence-corrected chi connectivity index (χ3v) is 7.30. The lowest BCUT2D eigenvalue weighted by molar-refractivity contribution is 0.455. The zero-order chi connectivity index (χ0) is 21.6. The van der Waals surface area contributed by atoms with Crippen LogP contribution in [-0.4, -0.2) is 23.2 Å². The summed E-state index contributed by atoms with van der Waals surface area (Å²) in [5, 5.41) is 19.9. The summed E-state index contributed by atoms with van der Waals surface area (Å²) in [6.07, 6.45) is 0. The Labute approximate surface area is 186 Å². The van der Waals surface area contributed by atoms with Crippen LogP contribution in [0.2, 0.25) is 20.1 Å². The van der Waals surface area contributed by atoms with E-state index in [0.717, 1.165) is 6.07 Å².